The first kappa shape index (κ1) is 14.6. The van der Waals surface area contributed by atoms with Crippen LogP contribution < -0.4 is 0 Å². The fraction of sp³-hybridized carbons (Fsp3) is 0.0625. The molecular formula is C16H13N5O2. The monoisotopic (exact) mass is 307 g/mol. The van der Waals surface area contributed by atoms with E-state index in [0.29, 0.717) is 11.4 Å². The summed E-state index contributed by atoms with van der Waals surface area (Å²) in [7, 11) is 0. The molecule has 0 atom stereocenters. The van der Waals surface area contributed by atoms with Gasteiger partial charge in [0.05, 0.1) is 28.2 Å². The second-order valence-electron chi connectivity index (χ2n) is 4.85. The van der Waals surface area contributed by atoms with Crippen molar-refractivity contribution in [2.75, 3.05) is 0 Å². The van der Waals surface area contributed by atoms with Gasteiger partial charge in [0, 0.05) is 12.1 Å². The van der Waals surface area contributed by atoms with Gasteiger partial charge in [-0.25, -0.2) is 4.68 Å². The minimum absolute atomic E-state index is 0.0379. The number of non-ortho nitro benzene ring substituents is 1. The Balaban J connectivity index is 1.85. The molecule has 0 saturated carbocycles. The highest BCUT2D eigenvalue weighted by molar-refractivity contribution is 5.98. The molecular weight excluding hydrogens is 294 g/mol. The van der Waals surface area contributed by atoms with Crippen LogP contribution in [0.15, 0.2) is 65.8 Å². The Morgan fingerprint density at radius 1 is 1.13 bits per heavy atom. The molecule has 114 valence electrons. The maximum atomic E-state index is 10.7. The van der Waals surface area contributed by atoms with Gasteiger partial charge < -0.3 is 0 Å². The number of nitrogens with zero attached hydrogens (tertiary/aromatic N) is 5. The maximum Gasteiger partial charge on any atom is 0.269 e. The van der Waals surface area contributed by atoms with Crippen molar-refractivity contribution >= 4 is 17.1 Å². The number of nitro groups is 1. The van der Waals surface area contributed by atoms with E-state index < -0.39 is 4.92 Å². The molecule has 1 heterocycles. The van der Waals surface area contributed by atoms with Crippen LogP contribution in [0.2, 0.25) is 0 Å². The lowest BCUT2D eigenvalue weighted by atomic mass is 10.2. The average molecular weight is 307 g/mol. The van der Waals surface area contributed by atoms with E-state index in [-0.39, 0.29) is 5.69 Å². The number of aromatic nitrogens is 3. The van der Waals surface area contributed by atoms with E-state index in [9.17, 15) is 10.1 Å². The second kappa shape index (κ2) is 6.18. The van der Waals surface area contributed by atoms with Gasteiger partial charge in [0.2, 0.25) is 0 Å². The van der Waals surface area contributed by atoms with Gasteiger partial charge in [-0.05, 0) is 31.2 Å². The summed E-state index contributed by atoms with van der Waals surface area (Å²) >= 11 is 0. The fourth-order valence-corrected chi connectivity index (χ4v) is 2.04. The zero-order valence-corrected chi connectivity index (χ0v) is 12.3. The van der Waals surface area contributed by atoms with Crippen molar-refractivity contribution in [3.63, 3.8) is 0 Å². The molecule has 0 unspecified atom stereocenters. The van der Waals surface area contributed by atoms with Crippen LogP contribution in [0.4, 0.5) is 11.4 Å². The van der Waals surface area contributed by atoms with E-state index in [1.54, 1.807) is 23.0 Å². The summed E-state index contributed by atoms with van der Waals surface area (Å²) in [5.41, 5.74) is 2.96. The van der Waals surface area contributed by atoms with Gasteiger partial charge in [0.1, 0.15) is 5.69 Å². The molecule has 3 aromatic rings. The predicted molar refractivity (Wildman–Crippen MR) is 86.3 cm³/mol. The number of benzene rings is 2. The molecule has 0 bridgehead atoms. The summed E-state index contributed by atoms with van der Waals surface area (Å²) in [5.74, 6) is 0. The van der Waals surface area contributed by atoms with Crippen LogP contribution in [0.25, 0.3) is 5.69 Å². The first-order chi connectivity index (χ1) is 11.1. The average Bonchev–Trinajstić information content (AvgIpc) is 3.06. The minimum atomic E-state index is -0.437. The van der Waals surface area contributed by atoms with Crippen molar-refractivity contribution in [3.05, 3.63) is 76.6 Å². The molecule has 0 spiro atoms. The number of rotatable bonds is 4. The van der Waals surface area contributed by atoms with Gasteiger partial charge >= 0.3 is 0 Å². The van der Waals surface area contributed by atoms with Gasteiger partial charge in [-0.15, -0.1) is 5.10 Å². The smallest absolute Gasteiger partial charge is 0.258 e. The van der Waals surface area contributed by atoms with Gasteiger partial charge in [0.25, 0.3) is 5.69 Å². The summed E-state index contributed by atoms with van der Waals surface area (Å²) in [4.78, 5) is 14.7. The lowest BCUT2D eigenvalue weighted by molar-refractivity contribution is -0.384. The lowest BCUT2D eigenvalue weighted by Crippen LogP contribution is -1.96. The summed E-state index contributed by atoms with van der Waals surface area (Å²) in [6, 6.07) is 15.7. The molecule has 0 amide bonds. The van der Waals surface area contributed by atoms with Crippen LogP contribution in [0.5, 0.6) is 0 Å². The molecule has 0 aliphatic heterocycles. The summed E-state index contributed by atoms with van der Waals surface area (Å²) in [6.07, 6.45) is 1.74. The Labute approximate surface area is 132 Å². The molecule has 23 heavy (non-hydrogen) atoms. The van der Waals surface area contributed by atoms with Crippen LogP contribution in [-0.4, -0.2) is 25.6 Å². The van der Waals surface area contributed by atoms with Gasteiger partial charge in [-0.2, -0.15) is 0 Å². The highest BCUT2D eigenvalue weighted by atomic mass is 16.6. The standard InChI is InChI=1S/C16H13N5O2/c1-12(17-13-5-3-2-4-6-13)16-11-20(19-18-16)14-7-9-15(10-8-14)21(22)23/h2-11H,1H3. The van der Waals surface area contributed by atoms with Gasteiger partial charge in [-0.3, -0.25) is 15.1 Å². The third kappa shape index (κ3) is 3.29. The van der Waals surface area contributed by atoms with Crippen molar-refractivity contribution in [1.82, 2.24) is 15.0 Å². The highest BCUT2D eigenvalue weighted by Crippen LogP contribution is 2.16. The molecule has 2 aromatic carbocycles. The molecule has 3 rings (SSSR count). The number of para-hydroxylation sites is 1. The summed E-state index contributed by atoms with van der Waals surface area (Å²) in [6.45, 7) is 1.86. The third-order valence-electron chi connectivity index (χ3n) is 3.24. The minimum Gasteiger partial charge on any atom is -0.258 e. The lowest BCUT2D eigenvalue weighted by Gasteiger charge is -1.99. The Bertz CT molecular complexity index is 854. The van der Waals surface area contributed by atoms with E-state index in [0.717, 1.165) is 11.4 Å². The first-order valence-corrected chi connectivity index (χ1v) is 6.91. The quantitative estimate of drug-likeness (QED) is 0.420. The molecule has 7 nitrogen and oxygen atoms in total. The molecule has 0 aliphatic rings. The largest absolute Gasteiger partial charge is 0.269 e. The SMILES string of the molecule is CC(=Nc1ccccc1)c1cn(-c2ccc([N+](=O)[O-])cc2)nn1. The van der Waals surface area contributed by atoms with E-state index in [1.807, 2.05) is 37.3 Å². The van der Waals surface area contributed by atoms with Crippen LogP contribution in [0, 0.1) is 10.1 Å². The summed E-state index contributed by atoms with van der Waals surface area (Å²) in [5, 5.41) is 18.8. The zero-order chi connectivity index (χ0) is 16.2. The maximum absolute atomic E-state index is 10.7. The van der Waals surface area contributed by atoms with Crippen LogP contribution >= 0.6 is 0 Å². The normalized spacial score (nSPS) is 11.4. The predicted octanol–water partition coefficient (Wildman–Crippen LogP) is 3.32. The van der Waals surface area contributed by atoms with E-state index in [1.165, 1.54) is 12.1 Å². The summed E-state index contributed by atoms with van der Waals surface area (Å²) < 4.78 is 1.56. The number of nitro benzene ring substituents is 1. The van der Waals surface area contributed by atoms with Gasteiger partial charge in [0.15, 0.2) is 0 Å². The number of hydrogen-bond donors (Lipinski definition) is 0. The molecule has 0 saturated heterocycles. The van der Waals surface area contributed by atoms with Crippen LogP contribution in [0.1, 0.15) is 12.6 Å². The van der Waals surface area contributed by atoms with Crippen LogP contribution in [-0.2, 0) is 0 Å². The molecule has 0 fully saturated rings. The number of hydrogen-bond acceptors (Lipinski definition) is 5. The van der Waals surface area contributed by atoms with E-state index >= 15 is 0 Å². The van der Waals surface area contributed by atoms with Crippen LogP contribution in [0.3, 0.4) is 0 Å². The van der Waals surface area contributed by atoms with Crippen molar-refractivity contribution in [2.45, 2.75) is 6.92 Å². The van der Waals surface area contributed by atoms with Crippen molar-refractivity contribution in [2.24, 2.45) is 4.99 Å². The topological polar surface area (TPSA) is 86.2 Å². The van der Waals surface area contributed by atoms with Gasteiger partial charge in [-0.1, -0.05) is 23.4 Å². The molecule has 0 radical (unpaired) electrons. The fourth-order valence-electron chi connectivity index (χ4n) is 2.04. The third-order valence-corrected chi connectivity index (χ3v) is 3.24. The molecule has 0 N–H and O–H groups in total. The van der Waals surface area contributed by atoms with E-state index in [2.05, 4.69) is 15.3 Å². The van der Waals surface area contributed by atoms with Crippen molar-refractivity contribution in [3.8, 4) is 5.69 Å². The Morgan fingerprint density at radius 2 is 1.83 bits per heavy atom. The van der Waals surface area contributed by atoms with Crippen molar-refractivity contribution < 1.29 is 4.92 Å². The molecule has 1 aromatic heterocycles. The first-order valence-electron chi connectivity index (χ1n) is 6.91. The second-order valence-corrected chi connectivity index (χ2v) is 4.85. The van der Waals surface area contributed by atoms with Crippen molar-refractivity contribution in [1.29, 1.82) is 0 Å². The number of aliphatic imine (C=N–C) groups is 1. The Kier molecular flexibility index (Phi) is 3.92. The Morgan fingerprint density at radius 3 is 2.48 bits per heavy atom. The Hall–Kier alpha value is -3.35. The highest BCUT2D eigenvalue weighted by Gasteiger charge is 2.08. The molecule has 7 heteroatoms. The molecule has 0 aliphatic carbocycles. The van der Waals surface area contributed by atoms with E-state index in [4.69, 9.17) is 0 Å². The zero-order valence-electron chi connectivity index (χ0n) is 12.3.